The number of hydrogen-bond acceptors (Lipinski definition) is 1. The van der Waals surface area contributed by atoms with Crippen molar-refractivity contribution in [2.45, 2.75) is 78.7 Å². The Labute approximate surface area is 96.8 Å². The second-order valence-corrected chi connectivity index (χ2v) is 5.00. The molecule has 0 aromatic heterocycles. The van der Waals surface area contributed by atoms with Crippen LogP contribution in [0.3, 0.4) is 0 Å². The molecule has 0 aliphatic rings. The summed E-state index contributed by atoms with van der Waals surface area (Å²) in [6.07, 6.45) is 9.11. The Balaban J connectivity index is 3.91. The van der Waals surface area contributed by atoms with E-state index in [1.165, 1.54) is 44.9 Å². The molecule has 0 saturated carbocycles. The summed E-state index contributed by atoms with van der Waals surface area (Å²) in [5, 5.41) is 0. The van der Waals surface area contributed by atoms with Gasteiger partial charge in [-0.25, -0.2) is 0 Å². The van der Waals surface area contributed by atoms with Crippen LogP contribution in [0.15, 0.2) is 0 Å². The van der Waals surface area contributed by atoms with E-state index in [4.69, 9.17) is 5.73 Å². The Morgan fingerprint density at radius 1 is 0.933 bits per heavy atom. The Morgan fingerprint density at radius 2 is 1.60 bits per heavy atom. The van der Waals surface area contributed by atoms with Gasteiger partial charge in [0.2, 0.25) is 0 Å². The van der Waals surface area contributed by atoms with Gasteiger partial charge in [0.15, 0.2) is 0 Å². The lowest BCUT2D eigenvalue weighted by atomic mass is 9.81. The maximum atomic E-state index is 6.24. The normalized spacial score (nSPS) is 17.4. The first-order valence-electron chi connectivity index (χ1n) is 6.92. The second-order valence-electron chi connectivity index (χ2n) is 5.00. The van der Waals surface area contributed by atoms with Crippen molar-refractivity contribution in [2.75, 3.05) is 0 Å². The SMILES string of the molecule is CCCCCC(C)C(CC)C(N)CCC. The summed E-state index contributed by atoms with van der Waals surface area (Å²) in [5.74, 6) is 1.55. The molecule has 0 spiro atoms. The van der Waals surface area contributed by atoms with E-state index >= 15 is 0 Å². The fraction of sp³-hybridized carbons (Fsp3) is 1.00. The lowest BCUT2D eigenvalue weighted by molar-refractivity contribution is 0.260. The zero-order valence-electron chi connectivity index (χ0n) is 11.3. The van der Waals surface area contributed by atoms with Crippen LogP contribution in [0, 0.1) is 11.8 Å². The summed E-state index contributed by atoms with van der Waals surface area (Å²) in [6.45, 7) is 9.18. The average molecular weight is 213 g/mol. The maximum absolute atomic E-state index is 6.24. The molecule has 2 N–H and O–H groups in total. The molecule has 0 heterocycles. The van der Waals surface area contributed by atoms with E-state index in [9.17, 15) is 0 Å². The Kier molecular flexibility index (Phi) is 9.18. The van der Waals surface area contributed by atoms with Crippen molar-refractivity contribution in [3.8, 4) is 0 Å². The lowest BCUT2D eigenvalue weighted by Crippen LogP contribution is -2.33. The summed E-state index contributed by atoms with van der Waals surface area (Å²) in [7, 11) is 0. The maximum Gasteiger partial charge on any atom is 0.00695 e. The van der Waals surface area contributed by atoms with Gasteiger partial charge < -0.3 is 5.73 Å². The van der Waals surface area contributed by atoms with Crippen molar-refractivity contribution in [1.82, 2.24) is 0 Å². The van der Waals surface area contributed by atoms with E-state index < -0.39 is 0 Å². The summed E-state index contributed by atoms with van der Waals surface area (Å²) in [4.78, 5) is 0. The van der Waals surface area contributed by atoms with E-state index in [0.717, 1.165) is 11.8 Å². The van der Waals surface area contributed by atoms with Crippen molar-refractivity contribution in [3.63, 3.8) is 0 Å². The van der Waals surface area contributed by atoms with Gasteiger partial charge in [-0.05, 0) is 18.3 Å². The van der Waals surface area contributed by atoms with Crippen LogP contribution in [-0.4, -0.2) is 6.04 Å². The summed E-state index contributed by atoms with van der Waals surface area (Å²) in [5.41, 5.74) is 6.24. The first-order valence-corrected chi connectivity index (χ1v) is 6.92. The minimum atomic E-state index is 0.427. The molecule has 3 unspecified atom stereocenters. The van der Waals surface area contributed by atoms with Crippen LogP contribution >= 0.6 is 0 Å². The highest BCUT2D eigenvalue weighted by Crippen LogP contribution is 2.25. The van der Waals surface area contributed by atoms with Gasteiger partial charge in [0.05, 0.1) is 0 Å². The molecule has 0 saturated heterocycles. The van der Waals surface area contributed by atoms with Crippen LogP contribution in [0.5, 0.6) is 0 Å². The van der Waals surface area contributed by atoms with E-state index in [0.29, 0.717) is 6.04 Å². The Morgan fingerprint density at radius 3 is 2.07 bits per heavy atom. The zero-order chi connectivity index (χ0) is 11.7. The van der Waals surface area contributed by atoms with Gasteiger partial charge in [-0.3, -0.25) is 0 Å². The summed E-state index contributed by atoms with van der Waals surface area (Å²) < 4.78 is 0. The summed E-state index contributed by atoms with van der Waals surface area (Å²) >= 11 is 0. The number of unbranched alkanes of at least 4 members (excludes halogenated alkanes) is 2. The molecule has 0 amide bonds. The lowest BCUT2D eigenvalue weighted by Gasteiger charge is -2.28. The van der Waals surface area contributed by atoms with Gasteiger partial charge in [-0.2, -0.15) is 0 Å². The molecule has 1 heteroatoms. The quantitative estimate of drug-likeness (QED) is 0.566. The third-order valence-corrected chi connectivity index (χ3v) is 3.64. The highest BCUT2D eigenvalue weighted by Gasteiger charge is 2.21. The standard InChI is InChI=1S/C14H31N/c1-5-8-9-11-12(4)13(7-3)14(15)10-6-2/h12-14H,5-11,15H2,1-4H3. The minimum Gasteiger partial charge on any atom is -0.327 e. The van der Waals surface area contributed by atoms with Crippen LogP contribution in [0.25, 0.3) is 0 Å². The van der Waals surface area contributed by atoms with Crippen LogP contribution in [0.4, 0.5) is 0 Å². The third-order valence-electron chi connectivity index (χ3n) is 3.64. The third kappa shape index (κ3) is 6.19. The highest BCUT2D eigenvalue weighted by atomic mass is 14.6. The van der Waals surface area contributed by atoms with Crippen LogP contribution < -0.4 is 5.73 Å². The van der Waals surface area contributed by atoms with Crippen molar-refractivity contribution in [1.29, 1.82) is 0 Å². The van der Waals surface area contributed by atoms with Gasteiger partial charge in [0.1, 0.15) is 0 Å². The van der Waals surface area contributed by atoms with Gasteiger partial charge in [0, 0.05) is 6.04 Å². The van der Waals surface area contributed by atoms with Gasteiger partial charge >= 0.3 is 0 Å². The van der Waals surface area contributed by atoms with E-state index in [-0.39, 0.29) is 0 Å². The summed E-state index contributed by atoms with van der Waals surface area (Å²) in [6, 6.07) is 0.427. The monoisotopic (exact) mass is 213 g/mol. The molecule has 15 heavy (non-hydrogen) atoms. The zero-order valence-corrected chi connectivity index (χ0v) is 11.3. The molecule has 0 bridgehead atoms. The van der Waals surface area contributed by atoms with Crippen LogP contribution in [0.1, 0.15) is 72.6 Å². The molecule has 1 nitrogen and oxygen atoms in total. The largest absolute Gasteiger partial charge is 0.327 e. The van der Waals surface area contributed by atoms with Gasteiger partial charge in [-0.15, -0.1) is 0 Å². The average Bonchev–Trinajstić information content (AvgIpc) is 2.19. The van der Waals surface area contributed by atoms with Crippen LogP contribution in [0.2, 0.25) is 0 Å². The predicted molar refractivity (Wildman–Crippen MR) is 70.0 cm³/mol. The van der Waals surface area contributed by atoms with Gasteiger partial charge in [0.25, 0.3) is 0 Å². The van der Waals surface area contributed by atoms with Crippen molar-refractivity contribution in [3.05, 3.63) is 0 Å². The number of hydrogen-bond donors (Lipinski definition) is 1. The first-order chi connectivity index (χ1) is 7.17. The first kappa shape index (κ1) is 15.0. The molecule has 0 aromatic carbocycles. The molecule has 0 radical (unpaired) electrons. The Bertz CT molecular complexity index is 133. The minimum absolute atomic E-state index is 0.427. The fourth-order valence-electron chi connectivity index (χ4n) is 2.60. The smallest absolute Gasteiger partial charge is 0.00695 e. The number of nitrogens with two attached hydrogens (primary N) is 1. The molecule has 3 atom stereocenters. The van der Waals surface area contributed by atoms with E-state index in [2.05, 4.69) is 27.7 Å². The molecule has 0 aliphatic carbocycles. The molecule has 0 aromatic rings. The highest BCUT2D eigenvalue weighted by molar-refractivity contribution is 4.76. The molecule has 0 rings (SSSR count). The number of rotatable bonds is 9. The molecule has 0 fully saturated rings. The Hall–Kier alpha value is -0.0400. The molecule has 0 aliphatic heterocycles. The van der Waals surface area contributed by atoms with E-state index in [1.807, 2.05) is 0 Å². The van der Waals surface area contributed by atoms with Crippen LogP contribution in [-0.2, 0) is 0 Å². The van der Waals surface area contributed by atoms with Crippen molar-refractivity contribution in [2.24, 2.45) is 17.6 Å². The molecular formula is C14H31N. The molecular weight excluding hydrogens is 182 g/mol. The second kappa shape index (κ2) is 9.21. The molecule has 92 valence electrons. The predicted octanol–water partition coefficient (Wildman–Crippen LogP) is 4.36. The van der Waals surface area contributed by atoms with E-state index in [1.54, 1.807) is 0 Å². The van der Waals surface area contributed by atoms with Crippen molar-refractivity contribution < 1.29 is 0 Å². The van der Waals surface area contributed by atoms with Gasteiger partial charge in [-0.1, -0.05) is 66.2 Å². The van der Waals surface area contributed by atoms with Crippen molar-refractivity contribution >= 4 is 0 Å². The topological polar surface area (TPSA) is 26.0 Å². The fourth-order valence-corrected chi connectivity index (χ4v) is 2.60.